The monoisotopic (exact) mass is 1280 g/mol. The molecular formula is C68H132O17P2. The van der Waals surface area contributed by atoms with Gasteiger partial charge in [0.15, 0.2) is 12.2 Å². The summed E-state index contributed by atoms with van der Waals surface area (Å²) in [5.74, 6) is 0.791. The Balaban J connectivity index is 5.22. The average molecular weight is 1280 g/mol. The van der Waals surface area contributed by atoms with Crippen molar-refractivity contribution >= 4 is 39.5 Å². The maximum absolute atomic E-state index is 13.0. The third kappa shape index (κ3) is 61.3. The molecule has 17 nitrogen and oxygen atoms in total. The van der Waals surface area contributed by atoms with E-state index in [1.165, 1.54) is 122 Å². The minimum atomic E-state index is -4.95. The molecule has 0 radical (unpaired) electrons. The molecule has 0 aromatic heterocycles. The summed E-state index contributed by atoms with van der Waals surface area (Å²) in [7, 11) is -9.90. The summed E-state index contributed by atoms with van der Waals surface area (Å²) >= 11 is 0. The van der Waals surface area contributed by atoms with Crippen LogP contribution in [0.5, 0.6) is 0 Å². The van der Waals surface area contributed by atoms with Crippen LogP contribution in [0.2, 0.25) is 0 Å². The quantitative estimate of drug-likeness (QED) is 0.0222. The summed E-state index contributed by atoms with van der Waals surface area (Å²) in [6, 6.07) is 0. The van der Waals surface area contributed by atoms with Gasteiger partial charge in [0.2, 0.25) is 0 Å². The van der Waals surface area contributed by atoms with Crippen molar-refractivity contribution in [2.24, 2.45) is 23.7 Å². The van der Waals surface area contributed by atoms with E-state index >= 15 is 0 Å². The summed E-state index contributed by atoms with van der Waals surface area (Å²) in [6.07, 6.45) is 39.2. The third-order valence-corrected chi connectivity index (χ3v) is 17.8. The summed E-state index contributed by atoms with van der Waals surface area (Å²) in [5.41, 5.74) is 0. The smallest absolute Gasteiger partial charge is 0.462 e. The maximum Gasteiger partial charge on any atom is 0.472 e. The molecule has 0 saturated carbocycles. The Labute approximate surface area is 530 Å². The molecule has 0 aliphatic rings. The SMILES string of the molecule is CCC(C)CCCCCCCCC(=O)OC[C@H](COP(=O)(O)OCC(O)COP(=O)(O)OC[C@@H](COC(=O)CCCCCCCCCC(C)C)OC(=O)CCCCCCCCCCCCCCCCC(C)C)OC(=O)CCCCCCCCCC(C)C. The number of phosphoric ester groups is 2. The Morgan fingerprint density at radius 1 is 0.322 bits per heavy atom. The number of phosphoric acid groups is 2. The molecule has 19 heteroatoms. The van der Waals surface area contributed by atoms with E-state index in [0.29, 0.717) is 37.5 Å². The Morgan fingerprint density at radius 2 is 0.552 bits per heavy atom. The number of hydrogen-bond acceptors (Lipinski definition) is 15. The Kier molecular flexibility index (Phi) is 56.6. The highest BCUT2D eigenvalue weighted by Crippen LogP contribution is 2.45. The molecule has 0 amide bonds. The topological polar surface area (TPSA) is 237 Å². The van der Waals surface area contributed by atoms with Gasteiger partial charge in [-0.1, -0.05) is 280 Å². The molecule has 4 unspecified atom stereocenters. The lowest BCUT2D eigenvalue weighted by Crippen LogP contribution is -2.30. The fourth-order valence-electron chi connectivity index (χ4n) is 10.1. The van der Waals surface area contributed by atoms with Crippen molar-refractivity contribution in [3.8, 4) is 0 Å². The Bertz CT molecular complexity index is 1730. The van der Waals surface area contributed by atoms with E-state index < -0.39 is 97.5 Å². The van der Waals surface area contributed by atoms with Crippen molar-refractivity contribution in [2.45, 2.75) is 350 Å². The molecule has 0 heterocycles. The molecule has 0 aromatic rings. The highest BCUT2D eigenvalue weighted by molar-refractivity contribution is 7.47. The van der Waals surface area contributed by atoms with Crippen molar-refractivity contribution in [3.63, 3.8) is 0 Å². The van der Waals surface area contributed by atoms with Gasteiger partial charge in [0.1, 0.15) is 19.3 Å². The second-order valence-electron chi connectivity index (χ2n) is 26.2. The van der Waals surface area contributed by atoms with Crippen LogP contribution >= 0.6 is 15.6 Å². The van der Waals surface area contributed by atoms with Gasteiger partial charge in [-0.2, -0.15) is 0 Å². The first kappa shape index (κ1) is 85.1. The molecular weight excluding hydrogens is 1150 g/mol. The van der Waals surface area contributed by atoms with Gasteiger partial charge in [-0.3, -0.25) is 37.3 Å². The third-order valence-electron chi connectivity index (χ3n) is 15.9. The van der Waals surface area contributed by atoms with Crippen LogP contribution < -0.4 is 0 Å². The Hall–Kier alpha value is -1.94. The number of ether oxygens (including phenoxy) is 4. The standard InChI is InChI=1S/C68H132O17P2/c1-9-61(8)47-39-31-26-27-33-41-49-66(71)79-55-64(85-68(73)51-43-35-25-19-22-30-38-46-60(6)7)57-83-87(76,77)81-53-62(69)52-80-86(74,75)82-56-63(54-78-65(70)48-40-32-24-18-21-29-37-45-59(4)5)84-67(72)50-42-34-23-17-15-13-11-10-12-14-16-20-28-36-44-58(2)3/h58-64,69H,9-57H2,1-8H3,(H,74,75)(H,76,77)/t61?,62?,63-,64-/m1/s1. The lowest BCUT2D eigenvalue weighted by Gasteiger charge is -2.21. The van der Waals surface area contributed by atoms with Gasteiger partial charge in [-0.05, 0) is 49.4 Å². The molecule has 3 N–H and O–H groups in total. The highest BCUT2D eigenvalue weighted by atomic mass is 31.2. The van der Waals surface area contributed by atoms with E-state index in [2.05, 4.69) is 55.4 Å². The highest BCUT2D eigenvalue weighted by Gasteiger charge is 2.30. The van der Waals surface area contributed by atoms with E-state index in [9.17, 15) is 43.2 Å². The molecule has 0 fully saturated rings. The predicted molar refractivity (Wildman–Crippen MR) is 349 cm³/mol. The summed E-state index contributed by atoms with van der Waals surface area (Å²) in [6.45, 7) is 14.0. The van der Waals surface area contributed by atoms with Crippen molar-refractivity contribution in [1.29, 1.82) is 0 Å². The van der Waals surface area contributed by atoms with E-state index in [0.717, 1.165) is 115 Å². The molecule has 0 rings (SSSR count). The fraction of sp³-hybridized carbons (Fsp3) is 0.941. The van der Waals surface area contributed by atoms with Gasteiger partial charge in [-0.15, -0.1) is 0 Å². The van der Waals surface area contributed by atoms with Crippen LogP contribution in [-0.2, 0) is 65.4 Å². The summed E-state index contributed by atoms with van der Waals surface area (Å²) < 4.78 is 68.1. The van der Waals surface area contributed by atoms with Gasteiger partial charge in [-0.25, -0.2) is 9.13 Å². The van der Waals surface area contributed by atoms with Gasteiger partial charge >= 0.3 is 39.5 Å². The van der Waals surface area contributed by atoms with Crippen LogP contribution in [0.4, 0.5) is 0 Å². The molecule has 0 aliphatic carbocycles. The first-order valence-corrected chi connectivity index (χ1v) is 38.2. The van der Waals surface area contributed by atoms with Crippen LogP contribution in [0, 0.1) is 23.7 Å². The molecule has 87 heavy (non-hydrogen) atoms. The molecule has 0 bridgehead atoms. The number of aliphatic hydroxyl groups is 1. The van der Waals surface area contributed by atoms with Crippen molar-refractivity contribution in [3.05, 3.63) is 0 Å². The number of aliphatic hydroxyl groups excluding tert-OH is 1. The molecule has 0 spiro atoms. The van der Waals surface area contributed by atoms with E-state index in [1.807, 2.05) is 0 Å². The van der Waals surface area contributed by atoms with Crippen molar-refractivity contribution in [1.82, 2.24) is 0 Å². The van der Waals surface area contributed by atoms with E-state index in [-0.39, 0.29) is 25.7 Å². The molecule has 0 saturated heterocycles. The van der Waals surface area contributed by atoms with Gasteiger partial charge in [0, 0.05) is 25.7 Å². The number of carbonyl (C=O) groups excluding carboxylic acids is 4. The minimum Gasteiger partial charge on any atom is -0.462 e. The second kappa shape index (κ2) is 57.9. The van der Waals surface area contributed by atoms with Gasteiger partial charge in [0.05, 0.1) is 26.4 Å². The molecule has 0 aliphatic heterocycles. The number of esters is 4. The normalized spacial score (nSPS) is 14.6. The van der Waals surface area contributed by atoms with Crippen LogP contribution in [-0.4, -0.2) is 96.7 Å². The minimum absolute atomic E-state index is 0.102. The number of rotatable bonds is 65. The number of unbranched alkanes of at least 4 members (excludes halogenated alkanes) is 30. The van der Waals surface area contributed by atoms with Gasteiger partial charge < -0.3 is 33.8 Å². The van der Waals surface area contributed by atoms with Crippen LogP contribution in [0.3, 0.4) is 0 Å². The van der Waals surface area contributed by atoms with E-state index in [1.54, 1.807) is 0 Å². The summed E-state index contributed by atoms with van der Waals surface area (Å²) in [4.78, 5) is 72.4. The zero-order valence-electron chi connectivity index (χ0n) is 56.6. The zero-order valence-corrected chi connectivity index (χ0v) is 58.4. The van der Waals surface area contributed by atoms with Crippen LogP contribution in [0.1, 0.15) is 331 Å². The second-order valence-corrected chi connectivity index (χ2v) is 29.1. The number of carbonyl (C=O) groups is 4. The number of hydrogen-bond donors (Lipinski definition) is 3. The lowest BCUT2D eigenvalue weighted by molar-refractivity contribution is -0.161. The van der Waals surface area contributed by atoms with Crippen molar-refractivity contribution < 1.29 is 80.2 Å². The van der Waals surface area contributed by atoms with Crippen molar-refractivity contribution in [2.75, 3.05) is 39.6 Å². The zero-order chi connectivity index (χ0) is 64.7. The molecule has 0 aromatic carbocycles. The van der Waals surface area contributed by atoms with Crippen LogP contribution in [0.15, 0.2) is 0 Å². The van der Waals surface area contributed by atoms with Crippen LogP contribution in [0.25, 0.3) is 0 Å². The fourth-order valence-corrected chi connectivity index (χ4v) is 11.7. The average Bonchev–Trinajstić information content (AvgIpc) is 3.68. The lowest BCUT2D eigenvalue weighted by atomic mass is 10.00. The van der Waals surface area contributed by atoms with Gasteiger partial charge in [0.25, 0.3) is 0 Å². The Morgan fingerprint density at radius 3 is 0.816 bits per heavy atom. The molecule has 516 valence electrons. The molecule has 6 atom stereocenters. The largest absolute Gasteiger partial charge is 0.472 e. The predicted octanol–water partition coefficient (Wildman–Crippen LogP) is 18.9. The van der Waals surface area contributed by atoms with E-state index in [4.69, 9.17) is 37.0 Å². The first-order valence-electron chi connectivity index (χ1n) is 35.2. The maximum atomic E-state index is 13.0. The first-order chi connectivity index (χ1) is 41.6. The summed E-state index contributed by atoms with van der Waals surface area (Å²) in [5, 5.41) is 10.6.